The highest BCUT2D eigenvalue weighted by Gasteiger charge is 2.32. The van der Waals surface area contributed by atoms with Crippen LogP contribution in [0.3, 0.4) is 0 Å². The lowest BCUT2D eigenvalue weighted by Gasteiger charge is -2.26. The number of furan rings is 1. The lowest BCUT2D eigenvalue weighted by molar-refractivity contribution is -0.136. The van der Waals surface area contributed by atoms with E-state index < -0.39 is 0 Å². The minimum atomic E-state index is -0.332. The van der Waals surface area contributed by atoms with Gasteiger partial charge in [0.2, 0.25) is 11.8 Å². The second-order valence-corrected chi connectivity index (χ2v) is 5.61. The maximum absolute atomic E-state index is 12.3. The van der Waals surface area contributed by atoms with Gasteiger partial charge in [-0.2, -0.15) is 0 Å². The van der Waals surface area contributed by atoms with Crippen molar-refractivity contribution in [3.05, 3.63) is 24.2 Å². The quantitative estimate of drug-likeness (QED) is 0.880. The smallest absolute Gasteiger partial charge is 0.242 e. The zero-order chi connectivity index (χ0) is 15.4. The number of nitrogens with zero attached hydrogens (tertiary/aromatic N) is 2. The van der Waals surface area contributed by atoms with Crippen molar-refractivity contribution in [3.8, 4) is 0 Å². The molecule has 0 saturated carbocycles. The SMILES string of the molecule is CC(=O)N1CCC[C@H]1C(=O)NCC(c1ccco1)N(C)C. The van der Waals surface area contributed by atoms with Gasteiger partial charge >= 0.3 is 0 Å². The van der Waals surface area contributed by atoms with Crippen LogP contribution < -0.4 is 5.32 Å². The van der Waals surface area contributed by atoms with Gasteiger partial charge in [0.05, 0.1) is 12.3 Å². The van der Waals surface area contributed by atoms with E-state index in [2.05, 4.69) is 5.32 Å². The van der Waals surface area contributed by atoms with Gasteiger partial charge in [0.25, 0.3) is 0 Å². The Morgan fingerprint density at radius 1 is 1.52 bits per heavy atom. The molecule has 0 bridgehead atoms. The normalized spacial score (nSPS) is 19.8. The number of amides is 2. The van der Waals surface area contributed by atoms with Crippen molar-refractivity contribution in [1.29, 1.82) is 0 Å². The topological polar surface area (TPSA) is 65.8 Å². The molecule has 2 atom stereocenters. The lowest BCUT2D eigenvalue weighted by Crippen LogP contribution is -2.47. The third kappa shape index (κ3) is 3.64. The first-order valence-corrected chi connectivity index (χ1v) is 7.25. The number of carbonyl (C=O) groups is 2. The van der Waals surface area contributed by atoms with E-state index in [1.54, 1.807) is 11.2 Å². The molecule has 0 aliphatic carbocycles. The van der Waals surface area contributed by atoms with Crippen molar-refractivity contribution in [2.45, 2.75) is 31.8 Å². The highest BCUT2D eigenvalue weighted by molar-refractivity contribution is 5.87. The molecule has 1 saturated heterocycles. The minimum Gasteiger partial charge on any atom is -0.468 e. The van der Waals surface area contributed by atoms with E-state index in [0.29, 0.717) is 13.1 Å². The van der Waals surface area contributed by atoms with Gasteiger partial charge in [-0.25, -0.2) is 0 Å². The van der Waals surface area contributed by atoms with Crippen molar-refractivity contribution in [2.24, 2.45) is 0 Å². The van der Waals surface area contributed by atoms with Gasteiger partial charge in [-0.3, -0.25) is 14.5 Å². The molecule has 1 N–H and O–H groups in total. The Labute approximate surface area is 125 Å². The highest BCUT2D eigenvalue weighted by Crippen LogP contribution is 2.20. The molecular formula is C15H23N3O3. The number of likely N-dealkylation sites (tertiary alicyclic amines) is 1. The van der Waals surface area contributed by atoms with Crippen LogP contribution in [0.4, 0.5) is 0 Å². The van der Waals surface area contributed by atoms with E-state index in [4.69, 9.17) is 4.42 Å². The first-order chi connectivity index (χ1) is 10.0. The van der Waals surface area contributed by atoms with Gasteiger partial charge in [0.15, 0.2) is 0 Å². The van der Waals surface area contributed by atoms with E-state index in [9.17, 15) is 9.59 Å². The Morgan fingerprint density at radius 2 is 2.29 bits per heavy atom. The molecule has 1 unspecified atom stereocenters. The largest absolute Gasteiger partial charge is 0.468 e. The molecule has 21 heavy (non-hydrogen) atoms. The summed E-state index contributed by atoms with van der Waals surface area (Å²) in [4.78, 5) is 27.5. The van der Waals surface area contributed by atoms with Gasteiger partial charge in [0.1, 0.15) is 11.8 Å². The molecule has 1 aliphatic heterocycles. The summed E-state index contributed by atoms with van der Waals surface area (Å²) in [7, 11) is 3.88. The van der Waals surface area contributed by atoms with Crippen LogP contribution >= 0.6 is 0 Å². The molecule has 0 spiro atoms. The monoisotopic (exact) mass is 293 g/mol. The Balaban J connectivity index is 1.95. The van der Waals surface area contributed by atoms with Gasteiger partial charge in [-0.1, -0.05) is 0 Å². The van der Waals surface area contributed by atoms with Crippen molar-refractivity contribution in [3.63, 3.8) is 0 Å². The van der Waals surface area contributed by atoms with Crippen molar-refractivity contribution >= 4 is 11.8 Å². The predicted molar refractivity (Wildman–Crippen MR) is 78.6 cm³/mol. The number of carbonyl (C=O) groups excluding carboxylic acids is 2. The third-order valence-corrected chi connectivity index (χ3v) is 3.92. The molecule has 2 amide bonds. The number of rotatable bonds is 5. The molecule has 116 valence electrons. The number of likely N-dealkylation sites (N-methyl/N-ethyl adjacent to an activating group) is 1. The number of hydrogen-bond donors (Lipinski definition) is 1. The zero-order valence-corrected chi connectivity index (χ0v) is 12.8. The van der Waals surface area contributed by atoms with Crippen molar-refractivity contribution in [2.75, 3.05) is 27.2 Å². The second-order valence-electron chi connectivity index (χ2n) is 5.61. The average molecular weight is 293 g/mol. The summed E-state index contributed by atoms with van der Waals surface area (Å²) in [5.41, 5.74) is 0. The van der Waals surface area contributed by atoms with Crippen LogP contribution in [0.15, 0.2) is 22.8 Å². The molecule has 0 aromatic carbocycles. The van der Waals surface area contributed by atoms with Crippen LogP contribution in [-0.4, -0.2) is 54.8 Å². The summed E-state index contributed by atoms with van der Waals surface area (Å²) in [6, 6.07) is 3.38. The van der Waals surface area contributed by atoms with Gasteiger partial charge < -0.3 is 14.6 Å². The van der Waals surface area contributed by atoms with Crippen LogP contribution in [0.1, 0.15) is 31.6 Å². The Bertz CT molecular complexity index is 484. The first kappa shape index (κ1) is 15.6. The summed E-state index contributed by atoms with van der Waals surface area (Å²) in [6.45, 7) is 2.64. The Kier molecular flexibility index (Phi) is 5.01. The molecule has 6 heteroatoms. The third-order valence-electron chi connectivity index (χ3n) is 3.92. The molecule has 1 aliphatic rings. The van der Waals surface area contributed by atoms with Crippen LogP contribution in [0.5, 0.6) is 0 Å². The molecular weight excluding hydrogens is 270 g/mol. The molecule has 2 rings (SSSR count). The fraction of sp³-hybridized carbons (Fsp3) is 0.600. The van der Waals surface area contributed by atoms with E-state index >= 15 is 0 Å². The lowest BCUT2D eigenvalue weighted by atomic mass is 10.1. The fourth-order valence-electron chi connectivity index (χ4n) is 2.75. The van der Waals surface area contributed by atoms with Crippen LogP contribution in [0, 0.1) is 0 Å². The molecule has 2 heterocycles. The van der Waals surface area contributed by atoms with E-state index in [1.165, 1.54) is 6.92 Å². The molecule has 1 aromatic heterocycles. The van der Waals surface area contributed by atoms with Crippen LogP contribution in [-0.2, 0) is 9.59 Å². The predicted octanol–water partition coefficient (Wildman–Crippen LogP) is 1.01. The van der Waals surface area contributed by atoms with Gasteiger partial charge in [-0.05, 0) is 39.1 Å². The number of hydrogen-bond acceptors (Lipinski definition) is 4. The van der Waals surface area contributed by atoms with E-state index in [-0.39, 0.29) is 23.9 Å². The van der Waals surface area contributed by atoms with Crippen molar-refractivity contribution < 1.29 is 14.0 Å². The molecule has 6 nitrogen and oxygen atoms in total. The van der Waals surface area contributed by atoms with Crippen molar-refractivity contribution in [1.82, 2.24) is 15.1 Å². The molecule has 0 radical (unpaired) electrons. The fourth-order valence-corrected chi connectivity index (χ4v) is 2.75. The van der Waals surface area contributed by atoms with E-state index in [0.717, 1.165) is 18.6 Å². The summed E-state index contributed by atoms with van der Waals surface area (Å²) < 4.78 is 5.42. The summed E-state index contributed by atoms with van der Waals surface area (Å²) >= 11 is 0. The standard InChI is InChI=1S/C15H23N3O3/c1-11(19)18-8-4-6-12(18)15(20)16-10-13(17(2)3)14-7-5-9-21-14/h5,7,9,12-13H,4,6,8,10H2,1-3H3,(H,16,20)/t12-,13?/m0/s1. The highest BCUT2D eigenvalue weighted by atomic mass is 16.3. The minimum absolute atomic E-state index is 0.0175. The number of nitrogens with one attached hydrogen (secondary N) is 1. The van der Waals surface area contributed by atoms with Gasteiger partial charge in [-0.15, -0.1) is 0 Å². The first-order valence-electron chi connectivity index (χ1n) is 7.25. The molecule has 1 fully saturated rings. The average Bonchev–Trinajstić information content (AvgIpc) is 3.09. The van der Waals surface area contributed by atoms with Gasteiger partial charge in [0, 0.05) is 20.0 Å². The van der Waals surface area contributed by atoms with Crippen LogP contribution in [0.25, 0.3) is 0 Å². The van der Waals surface area contributed by atoms with E-state index in [1.807, 2.05) is 31.1 Å². The Morgan fingerprint density at radius 3 is 2.86 bits per heavy atom. The summed E-state index contributed by atoms with van der Waals surface area (Å²) in [5, 5.41) is 2.94. The van der Waals surface area contributed by atoms with Crippen LogP contribution in [0.2, 0.25) is 0 Å². The zero-order valence-electron chi connectivity index (χ0n) is 12.8. The summed E-state index contributed by atoms with van der Waals surface area (Å²) in [6.07, 6.45) is 3.24. The Hall–Kier alpha value is -1.82. The maximum atomic E-state index is 12.3. The summed E-state index contributed by atoms with van der Waals surface area (Å²) in [5.74, 6) is 0.694. The molecule has 1 aromatic rings. The maximum Gasteiger partial charge on any atom is 0.242 e. The second kappa shape index (κ2) is 6.76.